The highest BCUT2D eigenvalue weighted by Crippen LogP contribution is 2.29. The average Bonchev–Trinajstić information content (AvgIpc) is 2.77. The van der Waals surface area contributed by atoms with Crippen molar-refractivity contribution in [2.75, 3.05) is 32.7 Å². The van der Waals surface area contributed by atoms with Gasteiger partial charge in [0, 0.05) is 36.7 Å². The maximum absolute atomic E-state index is 13.6. The number of benzene rings is 1. The molecule has 0 spiro atoms. The van der Waals surface area contributed by atoms with E-state index < -0.39 is 0 Å². The molecule has 0 aliphatic carbocycles. The van der Waals surface area contributed by atoms with Crippen molar-refractivity contribution in [2.45, 2.75) is 31.3 Å². The Balaban J connectivity index is 1.81. The summed E-state index contributed by atoms with van der Waals surface area (Å²) in [5.41, 5.74) is 6.90. The van der Waals surface area contributed by atoms with Gasteiger partial charge in [-0.2, -0.15) is 0 Å². The minimum Gasteiger partial charge on any atom is -0.329 e. The van der Waals surface area contributed by atoms with Crippen molar-refractivity contribution in [2.24, 2.45) is 5.73 Å². The Morgan fingerprint density at radius 3 is 2.81 bits per heavy atom. The Labute approximate surface area is 130 Å². The molecule has 0 radical (unpaired) electrons. The minimum atomic E-state index is -0.284. The van der Waals surface area contributed by atoms with Gasteiger partial charge in [0.15, 0.2) is 0 Å². The largest absolute Gasteiger partial charge is 0.329 e. The van der Waals surface area contributed by atoms with E-state index in [1.165, 1.54) is 32.0 Å². The van der Waals surface area contributed by atoms with Gasteiger partial charge >= 0.3 is 0 Å². The summed E-state index contributed by atoms with van der Waals surface area (Å²) in [6.45, 7) is 4.92. The fourth-order valence-corrected chi connectivity index (χ4v) is 4.01. The molecule has 1 aromatic carbocycles. The maximum Gasteiger partial charge on any atom is 0.125 e. The molecule has 2 N–H and O–H groups in total. The van der Waals surface area contributed by atoms with E-state index in [2.05, 4.69) is 9.80 Å². The van der Waals surface area contributed by atoms with E-state index >= 15 is 0 Å². The lowest BCUT2D eigenvalue weighted by atomic mass is 10.0. The fraction of sp³-hybridized carbons (Fsp3) is 0.625. The van der Waals surface area contributed by atoms with Crippen LogP contribution >= 0.6 is 11.6 Å². The van der Waals surface area contributed by atoms with Crippen molar-refractivity contribution in [1.29, 1.82) is 0 Å². The van der Waals surface area contributed by atoms with E-state index in [1.54, 1.807) is 6.07 Å². The minimum absolute atomic E-state index is 0.0544. The van der Waals surface area contributed by atoms with Gasteiger partial charge in [0.2, 0.25) is 0 Å². The van der Waals surface area contributed by atoms with E-state index in [-0.39, 0.29) is 11.9 Å². The smallest absolute Gasteiger partial charge is 0.125 e. The second-order valence-electron chi connectivity index (χ2n) is 6.13. The molecule has 21 heavy (non-hydrogen) atoms. The van der Waals surface area contributed by atoms with Gasteiger partial charge < -0.3 is 5.73 Å². The van der Waals surface area contributed by atoms with Crippen LogP contribution in [0.25, 0.3) is 0 Å². The first kappa shape index (κ1) is 15.2. The van der Waals surface area contributed by atoms with E-state index in [9.17, 15) is 4.39 Å². The van der Waals surface area contributed by atoms with Crippen LogP contribution in [0, 0.1) is 5.82 Å². The molecule has 0 amide bonds. The number of fused-ring (bicyclic) bond motifs is 1. The Hall–Kier alpha value is -0.680. The summed E-state index contributed by atoms with van der Waals surface area (Å²) in [6, 6.07) is 5.45. The Bertz CT molecular complexity index is 476. The first-order chi connectivity index (χ1) is 10.2. The van der Waals surface area contributed by atoms with Crippen molar-refractivity contribution < 1.29 is 4.39 Å². The van der Waals surface area contributed by atoms with Crippen LogP contribution in [-0.4, -0.2) is 48.6 Å². The van der Waals surface area contributed by atoms with Crippen molar-refractivity contribution in [3.8, 4) is 0 Å². The van der Waals surface area contributed by atoms with Gasteiger partial charge in [0.1, 0.15) is 5.82 Å². The molecule has 2 aliphatic rings. The van der Waals surface area contributed by atoms with Crippen LogP contribution in [0.5, 0.6) is 0 Å². The maximum atomic E-state index is 13.6. The predicted octanol–water partition coefficient (Wildman–Crippen LogP) is 2.65. The lowest BCUT2D eigenvalue weighted by molar-refractivity contribution is 0.176. The molecule has 3 rings (SSSR count). The fourth-order valence-electron chi connectivity index (χ4n) is 3.78. The highest BCUT2D eigenvalue weighted by atomic mass is 35.5. The van der Waals surface area contributed by atoms with Gasteiger partial charge in [-0.3, -0.25) is 9.80 Å². The summed E-state index contributed by atoms with van der Waals surface area (Å²) in [4.78, 5) is 5.01. The van der Waals surface area contributed by atoms with Gasteiger partial charge in [0.05, 0.1) is 0 Å². The van der Waals surface area contributed by atoms with E-state index in [4.69, 9.17) is 17.3 Å². The lowest BCUT2D eigenvalue weighted by Crippen LogP contribution is -2.40. The van der Waals surface area contributed by atoms with Crippen LogP contribution < -0.4 is 5.73 Å². The van der Waals surface area contributed by atoms with Gasteiger partial charge in [-0.15, -0.1) is 0 Å². The number of halogens is 2. The summed E-state index contributed by atoms with van der Waals surface area (Å²) in [5, 5.41) is 0.445. The molecule has 2 fully saturated rings. The van der Waals surface area contributed by atoms with Gasteiger partial charge in [-0.25, -0.2) is 4.39 Å². The second-order valence-corrected chi connectivity index (χ2v) is 6.57. The summed E-state index contributed by atoms with van der Waals surface area (Å²) >= 11 is 6.00. The molecule has 0 aromatic heterocycles. The van der Waals surface area contributed by atoms with E-state index in [0.29, 0.717) is 17.6 Å². The third-order valence-corrected chi connectivity index (χ3v) is 4.99. The standard InChI is InChI=1S/C16H23ClFN3/c17-13-7-12(8-14(18)9-13)16(10-19)21-6-2-5-20-4-1-3-15(20)11-21/h7-9,15-16H,1-6,10-11,19H2. The Kier molecular flexibility index (Phi) is 4.79. The first-order valence-corrected chi connectivity index (χ1v) is 8.19. The SMILES string of the molecule is NCC(c1cc(F)cc(Cl)c1)N1CCCN2CCCC2C1. The average molecular weight is 312 g/mol. The molecule has 2 aliphatic heterocycles. The van der Waals surface area contributed by atoms with Crippen LogP contribution in [0.3, 0.4) is 0 Å². The molecule has 2 saturated heterocycles. The van der Waals surface area contributed by atoms with Crippen LogP contribution in [0.2, 0.25) is 5.02 Å². The van der Waals surface area contributed by atoms with Crippen LogP contribution in [0.1, 0.15) is 30.9 Å². The summed E-state index contributed by atoms with van der Waals surface area (Å²) in [7, 11) is 0. The van der Waals surface area contributed by atoms with Crippen molar-refractivity contribution in [3.05, 3.63) is 34.6 Å². The molecule has 1 aromatic rings. The number of nitrogens with zero attached hydrogens (tertiary/aromatic N) is 2. The van der Waals surface area contributed by atoms with Gasteiger partial charge in [-0.05, 0) is 56.1 Å². The molecular formula is C16H23ClFN3. The predicted molar refractivity (Wildman–Crippen MR) is 84.0 cm³/mol. The third kappa shape index (κ3) is 3.39. The Morgan fingerprint density at radius 1 is 1.24 bits per heavy atom. The number of nitrogens with two attached hydrogens (primary N) is 1. The van der Waals surface area contributed by atoms with Crippen molar-refractivity contribution in [3.63, 3.8) is 0 Å². The van der Waals surface area contributed by atoms with E-state index in [0.717, 1.165) is 25.1 Å². The molecule has 2 unspecified atom stereocenters. The summed E-state index contributed by atoms with van der Waals surface area (Å²) in [6.07, 6.45) is 3.70. The van der Waals surface area contributed by atoms with Crippen LogP contribution in [0.4, 0.5) is 4.39 Å². The van der Waals surface area contributed by atoms with E-state index in [1.807, 2.05) is 6.07 Å². The normalized spacial score (nSPS) is 25.6. The molecule has 116 valence electrons. The topological polar surface area (TPSA) is 32.5 Å². The monoisotopic (exact) mass is 311 g/mol. The summed E-state index contributed by atoms with van der Waals surface area (Å²) < 4.78 is 13.6. The zero-order valence-electron chi connectivity index (χ0n) is 12.3. The highest BCUT2D eigenvalue weighted by Gasteiger charge is 2.31. The van der Waals surface area contributed by atoms with Gasteiger partial charge in [0.25, 0.3) is 0 Å². The molecule has 0 saturated carbocycles. The quantitative estimate of drug-likeness (QED) is 0.931. The Morgan fingerprint density at radius 2 is 2.05 bits per heavy atom. The lowest BCUT2D eigenvalue weighted by Gasteiger charge is -2.32. The van der Waals surface area contributed by atoms with Crippen LogP contribution in [0.15, 0.2) is 18.2 Å². The third-order valence-electron chi connectivity index (χ3n) is 4.77. The molecule has 0 bridgehead atoms. The summed E-state index contributed by atoms with van der Waals surface area (Å²) in [5.74, 6) is -0.284. The molecular weight excluding hydrogens is 289 g/mol. The number of rotatable bonds is 3. The van der Waals surface area contributed by atoms with Crippen LogP contribution in [-0.2, 0) is 0 Å². The number of hydrogen-bond acceptors (Lipinski definition) is 3. The molecule has 5 heteroatoms. The first-order valence-electron chi connectivity index (χ1n) is 7.81. The second kappa shape index (κ2) is 6.61. The molecule has 3 nitrogen and oxygen atoms in total. The highest BCUT2D eigenvalue weighted by molar-refractivity contribution is 6.30. The molecule has 2 atom stereocenters. The number of hydrogen-bond donors (Lipinski definition) is 1. The van der Waals surface area contributed by atoms with Crippen molar-refractivity contribution >= 4 is 11.6 Å². The van der Waals surface area contributed by atoms with Crippen molar-refractivity contribution in [1.82, 2.24) is 9.80 Å². The zero-order valence-corrected chi connectivity index (χ0v) is 13.0. The van der Waals surface area contributed by atoms with Gasteiger partial charge in [-0.1, -0.05) is 11.6 Å². The zero-order chi connectivity index (χ0) is 14.8. The molecule has 2 heterocycles.